The molecule has 0 aromatic heterocycles. The zero-order chi connectivity index (χ0) is 18.1. The van der Waals surface area contributed by atoms with Crippen LogP contribution >= 0.6 is 0 Å². The van der Waals surface area contributed by atoms with Crippen LogP contribution < -0.4 is 4.90 Å². The minimum atomic E-state index is -0.472. The Kier molecular flexibility index (Phi) is 4.62. The first-order valence-corrected chi connectivity index (χ1v) is 8.65. The predicted octanol–water partition coefficient (Wildman–Crippen LogP) is 3.49. The van der Waals surface area contributed by atoms with Crippen LogP contribution in [0.4, 0.5) is 5.69 Å². The summed E-state index contributed by atoms with van der Waals surface area (Å²) in [6, 6.07) is 13.2. The van der Waals surface area contributed by atoms with Crippen LogP contribution in [0.15, 0.2) is 42.5 Å². The third kappa shape index (κ3) is 3.16. The molecule has 1 aliphatic heterocycles. The van der Waals surface area contributed by atoms with E-state index in [9.17, 15) is 9.59 Å². The SMILES string of the molecule is Cc1ccc(C)c(N2CCN(C(=O)c3ccccc3C)C(C)C2=O)c1. The molecular weight excluding hydrogens is 312 g/mol. The quantitative estimate of drug-likeness (QED) is 0.842. The summed E-state index contributed by atoms with van der Waals surface area (Å²) in [5, 5.41) is 0. The van der Waals surface area contributed by atoms with Crippen molar-refractivity contribution >= 4 is 17.5 Å². The average molecular weight is 336 g/mol. The molecular formula is C21H24N2O2. The van der Waals surface area contributed by atoms with Crippen molar-refractivity contribution in [2.75, 3.05) is 18.0 Å². The number of piperazine rings is 1. The van der Waals surface area contributed by atoms with E-state index in [1.807, 2.05) is 75.1 Å². The third-order valence-corrected chi connectivity index (χ3v) is 4.95. The van der Waals surface area contributed by atoms with E-state index in [0.29, 0.717) is 18.7 Å². The lowest BCUT2D eigenvalue weighted by molar-refractivity contribution is -0.124. The number of rotatable bonds is 2. The maximum Gasteiger partial charge on any atom is 0.254 e. The fraction of sp³-hybridized carbons (Fsp3) is 0.333. The van der Waals surface area contributed by atoms with Crippen molar-refractivity contribution in [2.45, 2.75) is 33.7 Å². The van der Waals surface area contributed by atoms with E-state index in [-0.39, 0.29) is 11.8 Å². The van der Waals surface area contributed by atoms with E-state index in [2.05, 4.69) is 0 Å². The normalized spacial score (nSPS) is 17.8. The van der Waals surface area contributed by atoms with Crippen molar-refractivity contribution < 1.29 is 9.59 Å². The van der Waals surface area contributed by atoms with Gasteiger partial charge in [0.15, 0.2) is 0 Å². The Hall–Kier alpha value is -2.62. The maximum atomic E-state index is 13.0. The lowest BCUT2D eigenvalue weighted by atomic mass is 10.0. The monoisotopic (exact) mass is 336 g/mol. The standard InChI is InChI=1S/C21H24N2O2/c1-14-9-10-16(3)19(13-14)23-12-11-22(17(4)20(23)24)21(25)18-8-6-5-7-15(18)2/h5-10,13,17H,11-12H2,1-4H3. The van der Waals surface area contributed by atoms with Crippen LogP contribution in [-0.4, -0.2) is 35.8 Å². The zero-order valence-corrected chi connectivity index (χ0v) is 15.2. The van der Waals surface area contributed by atoms with Crippen molar-refractivity contribution in [1.82, 2.24) is 4.90 Å². The Balaban J connectivity index is 1.86. The fourth-order valence-electron chi connectivity index (χ4n) is 3.36. The summed E-state index contributed by atoms with van der Waals surface area (Å²) in [6.07, 6.45) is 0. The fourth-order valence-corrected chi connectivity index (χ4v) is 3.36. The highest BCUT2D eigenvalue weighted by atomic mass is 16.2. The van der Waals surface area contributed by atoms with E-state index in [1.54, 1.807) is 4.90 Å². The van der Waals surface area contributed by atoms with Crippen LogP contribution in [0.25, 0.3) is 0 Å². The molecule has 0 saturated carbocycles. The molecule has 1 unspecified atom stereocenters. The molecule has 3 rings (SSSR count). The molecule has 2 aromatic carbocycles. The smallest absolute Gasteiger partial charge is 0.254 e. The predicted molar refractivity (Wildman–Crippen MR) is 99.9 cm³/mol. The molecule has 0 radical (unpaired) electrons. The number of aryl methyl sites for hydroxylation is 3. The van der Waals surface area contributed by atoms with E-state index in [4.69, 9.17) is 0 Å². The van der Waals surface area contributed by atoms with Gasteiger partial charge in [-0.05, 0) is 56.5 Å². The maximum absolute atomic E-state index is 13.0. The first-order chi connectivity index (χ1) is 11.9. The topological polar surface area (TPSA) is 40.6 Å². The van der Waals surface area contributed by atoms with E-state index < -0.39 is 6.04 Å². The van der Waals surface area contributed by atoms with Crippen LogP contribution in [0.2, 0.25) is 0 Å². The second-order valence-electron chi connectivity index (χ2n) is 6.77. The number of benzene rings is 2. The average Bonchev–Trinajstić information content (AvgIpc) is 2.59. The van der Waals surface area contributed by atoms with Crippen LogP contribution in [0.1, 0.15) is 34.0 Å². The van der Waals surface area contributed by atoms with Gasteiger partial charge < -0.3 is 9.80 Å². The van der Waals surface area contributed by atoms with Gasteiger partial charge in [0, 0.05) is 24.3 Å². The first kappa shape index (κ1) is 17.2. The molecule has 25 heavy (non-hydrogen) atoms. The molecule has 0 bridgehead atoms. The Morgan fingerprint density at radius 3 is 2.44 bits per heavy atom. The molecule has 2 aromatic rings. The van der Waals surface area contributed by atoms with Crippen molar-refractivity contribution in [3.8, 4) is 0 Å². The highest BCUT2D eigenvalue weighted by molar-refractivity contribution is 6.04. The van der Waals surface area contributed by atoms with Gasteiger partial charge in [-0.15, -0.1) is 0 Å². The van der Waals surface area contributed by atoms with Crippen LogP contribution in [0, 0.1) is 20.8 Å². The van der Waals surface area contributed by atoms with Crippen LogP contribution in [-0.2, 0) is 4.79 Å². The van der Waals surface area contributed by atoms with Crippen molar-refractivity contribution in [1.29, 1.82) is 0 Å². The number of nitrogens with zero attached hydrogens (tertiary/aromatic N) is 2. The summed E-state index contributed by atoms with van der Waals surface area (Å²) in [5.74, 6) is -0.0959. The molecule has 0 N–H and O–H groups in total. The number of carbonyl (C=O) groups is 2. The highest BCUT2D eigenvalue weighted by Gasteiger charge is 2.36. The summed E-state index contributed by atoms with van der Waals surface area (Å²) >= 11 is 0. The lowest BCUT2D eigenvalue weighted by Crippen LogP contribution is -2.58. The summed E-state index contributed by atoms with van der Waals surface area (Å²) in [5.41, 5.74) is 4.75. The molecule has 1 atom stereocenters. The number of hydrogen-bond donors (Lipinski definition) is 0. The van der Waals surface area contributed by atoms with Crippen LogP contribution in [0.3, 0.4) is 0 Å². The second kappa shape index (κ2) is 6.71. The molecule has 130 valence electrons. The van der Waals surface area contributed by atoms with Gasteiger partial charge in [0.2, 0.25) is 5.91 Å². The van der Waals surface area contributed by atoms with Crippen molar-refractivity contribution in [2.24, 2.45) is 0 Å². The van der Waals surface area contributed by atoms with E-state index >= 15 is 0 Å². The molecule has 1 aliphatic rings. The number of carbonyl (C=O) groups excluding carboxylic acids is 2. The van der Waals surface area contributed by atoms with Crippen LogP contribution in [0.5, 0.6) is 0 Å². The van der Waals surface area contributed by atoms with Gasteiger partial charge in [-0.3, -0.25) is 9.59 Å². The number of anilines is 1. The molecule has 4 nitrogen and oxygen atoms in total. The Bertz CT molecular complexity index is 828. The minimum absolute atomic E-state index is 0.0260. The second-order valence-corrected chi connectivity index (χ2v) is 6.77. The number of amides is 2. The third-order valence-electron chi connectivity index (χ3n) is 4.95. The molecule has 2 amide bonds. The molecule has 1 heterocycles. The van der Waals surface area contributed by atoms with E-state index in [0.717, 1.165) is 22.4 Å². The van der Waals surface area contributed by atoms with E-state index in [1.165, 1.54) is 0 Å². The Morgan fingerprint density at radius 2 is 1.72 bits per heavy atom. The summed E-state index contributed by atoms with van der Waals surface area (Å²) in [4.78, 5) is 29.3. The summed E-state index contributed by atoms with van der Waals surface area (Å²) < 4.78 is 0. The summed E-state index contributed by atoms with van der Waals surface area (Å²) in [7, 11) is 0. The Labute approximate surface area is 149 Å². The van der Waals surface area contributed by atoms with Gasteiger partial charge in [0.1, 0.15) is 6.04 Å². The van der Waals surface area contributed by atoms with Gasteiger partial charge in [-0.25, -0.2) is 0 Å². The van der Waals surface area contributed by atoms with Gasteiger partial charge in [-0.1, -0.05) is 30.3 Å². The van der Waals surface area contributed by atoms with Crippen molar-refractivity contribution in [3.05, 3.63) is 64.7 Å². The van der Waals surface area contributed by atoms with Crippen molar-refractivity contribution in [3.63, 3.8) is 0 Å². The molecule has 1 fully saturated rings. The Morgan fingerprint density at radius 1 is 1.00 bits per heavy atom. The van der Waals surface area contributed by atoms with Gasteiger partial charge in [0.05, 0.1) is 0 Å². The highest BCUT2D eigenvalue weighted by Crippen LogP contribution is 2.26. The molecule has 1 saturated heterocycles. The van der Waals surface area contributed by atoms with Gasteiger partial charge >= 0.3 is 0 Å². The molecule has 4 heteroatoms. The van der Waals surface area contributed by atoms with Gasteiger partial charge in [0.25, 0.3) is 5.91 Å². The molecule has 0 aliphatic carbocycles. The first-order valence-electron chi connectivity index (χ1n) is 8.65. The number of hydrogen-bond acceptors (Lipinski definition) is 2. The van der Waals surface area contributed by atoms with Gasteiger partial charge in [-0.2, -0.15) is 0 Å². The molecule has 0 spiro atoms. The minimum Gasteiger partial charge on any atom is -0.325 e. The lowest BCUT2D eigenvalue weighted by Gasteiger charge is -2.40. The largest absolute Gasteiger partial charge is 0.325 e. The summed E-state index contributed by atoms with van der Waals surface area (Å²) in [6.45, 7) is 8.83. The zero-order valence-electron chi connectivity index (χ0n) is 15.2.